The molecule has 96 valence electrons. The van der Waals surface area contributed by atoms with Crippen molar-refractivity contribution in [3.63, 3.8) is 0 Å². The summed E-state index contributed by atoms with van der Waals surface area (Å²) in [7, 11) is 1.49. The van der Waals surface area contributed by atoms with Crippen LogP contribution in [0.4, 0.5) is 0 Å². The van der Waals surface area contributed by atoms with Crippen LogP contribution in [-0.2, 0) is 0 Å². The van der Waals surface area contributed by atoms with Crippen molar-refractivity contribution < 1.29 is 18.7 Å². The molecule has 0 unspecified atom stereocenters. The number of carbonyl (C=O) groups is 1. The summed E-state index contributed by atoms with van der Waals surface area (Å²) in [4.78, 5) is 11.7. The molecule has 0 saturated carbocycles. The third kappa shape index (κ3) is 3.13. The number of benzene rings is 1. The standard InChI is InChI=1S/C14H11NO4/c1-17-11-5-10(8-15)6-12(7-11)19-9-13(16)14-3-2-4-18-14/h2-7H,9H2,1H3. The molecule has 0 aliphatic carbocycles. The van der Waals surface area contributed by atoms with Crippen molar-refractivity contribution in [2.75, 3.05) is 13.7 Å². The summed E-state index contributed by atoms with van der Waals surface area (Å²) in [6.07, 6.45) is 1.42. The Kier molecular flexibility index (Phi) is 3.84. The lowest BCUT2D eigenvalue weighted by molar-refractivity contribution is 0.0893. The highest BCUT2D eigenvalue weighted by molar-refractivity contribution is 5.94. The maximum atomic E-state index is 11.7. The smallest absolute Gasteiger partial charge is 0.235 e. The van der Waals surface area contributed by atoms with Crippen LogP contribution in [0.25, 0.3) is 0 Å². The Morgan fingerprint density at radius 3 is 2.79 bits per heavy atom. The molecule has 2 aromatic rings. The van der Waals surface area contributed by atoms with Crippen molar-refractivity contribution in [1.82, 2.24) is 0 Å². The van der Waals surface area contributed by atoms with Crippen LogP contribution in [0, 0.1) is 11.3 Å². The molecule has 5 nitrogen and oxygen atoms in total. The number of Topliss-reactive ketones (excluding diaryl/α,β-unsaturated/α-hetero) is 1. The molecular weight excluding hydrogens is 246 g/mol. The minimum absolute atomic E-state index is 0.161. The van der Waals surface area contributed by atoms with Gasteiger partial charge in [-0.25, -0.2) is 0 Å². The van der Waals surface area contributed by atoms with Crippen molar-refractivity contribution in [3.05, 3.63) is 47.9 Å². The largest absolute Gasteiger partial charge is 0.497 e. The van der Waals surface area contributed by atoms with Gasteiger partial charge in [-0.2, -0.15) is 5.26 Å². The van der Waals surface area contributed by atoms with Gasteiger partial charge in [-0.1, -0.05) is 0 Å². The molecule has 0 fully saturated rings. The molecule has 0 bridgehead atoms. The molecule has 0 aliphatic heterocycles. The van der Waals surface area contributed by atoms with E-state index in [-0.39, 0.29) is 18.2 Å². The fourth-order valence-electron chi connectivity index (χ4n) is 1.49. The van der Waals surface area contributed by atoms with E-state index in [4.69, 9.17) is 19.2 Å². The lowest BCUT2D eigenvalue weighted by Crippen LogP contribution is -2.10. The number of furan rings is 1. The molecule has 0 atom stereocenters. The van der Waals surface area contributed by atoms with Crippen LogP contribution in [0.15, 0.2) is 41.0 Å². The third-order valence-corrected chi connectivity index (χ3v) is 2.41. The van der Waals surface area contributed by atoms with E-state index in [0.717, 1.165) is 0 Å². The topological polar surface area (TPSA) is 72.5 Å². The van der Waals surface area contributed by atoms with Crippen LogP contribution in [-0.4, -0.2) is 19.5 Å². The van der Waals surface area contributed by atoms with Crippen LogP contribution >= 0.6 is 0 Å². The van der Waals surface area contributed by atoms with Gasteiger partial charge in [0.1, 0.15) is 11.5 Å². The summed E-state index contributed by atoms with van der Waals surface area (Å²) in [5.41, 5.74) is 0.403. The third-order valence-electron chi connectivity index (χ3n) is 2.41. The predicted molar refractivity (Wildman–Crippen MR) is 66.2 cm³/mol. The fourth-order valence-corrected chi connectivity index (χ4v) is 1.49. The minimum Gasteiger partial charge on any atom is -0.497 e. The van der Waals surface area contributed by atoms with Gasteiger partial charge in [-0.15, -0.1) is 0 Å². The number of ketones is 1. The van der Waals surface area contributed by atoms with E-state index in [1.807, 2.05) is 6.07 Å². The number of nitriles is 1. The van der Waals surface area contributed by atoms with E-state index in [2.05, 4.69) is 0 Å². The predicted octanol–water partition coefficient (Wildman–Crippen LogP) is 2.42. The monoisotopic (exact) mass is 257 g/mol. The molecular formula is C14H11NO4. The second-order valence-electron chi connectivity index (χ2n) is 3.70. The first-order chi connectivity index (χ1) is 9.22. The normalized spacial score (nSPS) is 9.68. The van der Waals surface area contributed by atoms with Crippen LogP contribution in [0.3, 0.4) is 0 Å². The molecule has 0 spiro atoms. The average molecular weight is 257 g/mol. The summed E-state index contributed by atoms with van der Waals surface area (Å²) in [6, 6.07) is 9.92. The zero-order valence-electron chi connectivity index (χ0n) is 10.3. The molecule has 0 saturated heterocycles. The van der Waals surface area contributed by atoms with Crippen LogP contribution < -0.4 is 9.47 Å². The van der Waals surface area contributed by atoms with Crippen molar-refractivity contribution in [2.24, 2.45) is 0 Å². The second-order valence-corrected chi connectivity index (χ2v) is 3.70. The molecule has 0 N–H and O–H groups in total. The first kappa shape index (κ1) is 12.7. The first-order valence-corrected chi connectivity index (χ1v) is 5.51. The van der Waals surface area contributed by atoms with Crippen LogP contribution in [0.2, 0.25) is 0 Å². The van der Waals surface area contributed by atoms with Crippen molar-refractivity contribution >= 4 is 5.78 Å². The van der Waals surface area contributed by atoms with Crippen molar-refractivity contribution in [1.29, 1.82) is 5.26 Å². The quantitative estimate of drug-likeness (QED) is 0.769. The summed E-state index contributed by atoms with van der Waals surface area (Å²) < 4.78 is 15.3. The highest BCUT2D eigenvalue weighted by Gasteiger charge is 2.10. The van der Waals surface area contributed by atoms with Gasteiger partial charge in [0.15, 0.2) is 12.4 Å². The molecule has 5 heteroatoms. The Morgan fingerprint density at radius 1 is 1.37 bits per heavy atom. The number of carbonyl (C=O) groups excluding carboxylic acids is 1. The maximum Gasteiger partial charge on any atom is 0.235 e. The fraction of sp³-hybridized carbons (Fsp3) is 0.143. The number of hydrogen-bond donors (Lipinski definition) is 0. The zero-order valence-corrected chi connectivity index (χ0v) is 10.3. The van der Waals surface area contributed by atoms with Crippen LogP contribution in [0.5, 0.6) is 11.5 Å². The van der Waals surface area contributed by atoms with Gasteiger partial charge in [-0.05, 0) is 24.3 Å². The molecule has 1 aromatic carbocycles. The second kappa shape index (κ2) is 5.74. The molecule has 1 heterocycles. The summed E-state index contributed by atoms with van der Waals surface area (Å²) in [6.45, 7) is -0.161. The Bertz CT molecular complexity index is 611. The van der Waals surface area contributed by atoms with Gasteiger partial charge >= 0.3 is 0 Å². The highest BCUT2D eigenvalue weighted by atomic mass is 16.5. The average Bonchev–Trinajstić information content (AvgIpc) is 2.98. The van der Waals surface area contributed by atoms with Gasteiger partial charge < -0.3 is 13.9 Å². The Hall–Kier alpha value is -2.74. The van der Waals surface area contributed by atoms with E-state index in [1.165, 1.54) is 19.4 Å². The minimum atomic E-state index is -0.272. The highest BCUT2D eigenvalue weighted by Crippen LogP contribution is 2.22. The molecule has 0 radical (unpaired) electrons. The maximum absolute atomic E-state index is 11.7. The van der Waals surface area contributed by atoms with Crippen molar-refractivity contribution in [3.8, 4) is 17.6 Å². The number of hydrogen-bond acceptors (Lipinski definition) is 5. The number of ether oxygens (including phenoxy) is 2. The summed E-state index contributed by atoms with van der Waals surface area (Å²) >= 11 is 0. The number of rotatable bonds is 5. The van der Waals surface area contributed by atoms with E-state index in [0.29, 0.717) is 17.1 Å². The Balaban J connectivity index is 2.07. The van der Waals surface area contributed by atoms with Gasteiger partial charge in [0.2, 0.25) is 5.78 Å². The van der Waals surface area contributed by atoms with E-state index in [1.54, 1.807) is 24.3 Å². The van der Waals surface area contributed by atoms with Crippen LogP contribution in [0.1, 0.15) is 16.1 Å². The Labute approximate surface area is 110 Å². The van der Waals surface area contributed by atoms with E-state index < -0.39 is 0 Å². The number of methoxy groups -OCH3 is 1. The summed E-state index contributed by atoms with van der Waals surface area (Å²) in [5.74, 6) is 0.866. The molecule has 1 aromatic heterocycles. The molecule has 19 heavy (non-hydrogen) atoms. The lowest BCUT2D eigenvalue weighted by atomic mass is 10.2. The molecule has 2 rings (SSSR count). The van der Waals surface area contributed by atoms with Gasteiger partial charge in [0.05, 0.1) is 25.0 Å². The zero-order chi connectivity index (χ0) is 13.7. The summed E-state index contributed by atoms with van der Waals surface area (Å²) in [5, 5.41) is 8.87. The first-order valence-electron chi connectivity index (χ1n) is 5.51. The Morgan fingerprint density at radius 2 is 2.16 bits per heavy atom. The van der Waals surface area contributed by atoms with Gasteiger partial charge in [0.25, 0.3) is 0 Å². The lowest BCUT2D eigenvalue weighted by Gasteiger charge is -2.07. The van der Waals surface area contributed by atoms with E-state index >= 15 is 0 Å². The number of nitrogens with zero attached hydrogens (tertiary/aromatic N) is 1. The van der Waals surface area contributed by atoms with E-state index in [9.17, 15) is 4.79 Å². The van der Waals surface area contributed by atoms with Crippen molar-refractivity contribution in [2.45, 2.75) is 0 Å². The molecule has 0 amide bonds. The SMILES string of the molecule is COc1cc(C#N)cc(OCC(=O)c2ccco2)c1. The van der Waals surface area contributed by atoms with Gasteiger partial charge in [0, 0.05) is 6.07 Å². The van der Waals surface area contributed by atoms with Gasteiger partial charge in [-0.3, -0.25) is 4.79 Å². The molecule has 0 aliphatic rings.